The van der Waals surface area contributed by atoms with Gasteiger partial charge in [-0.25, -0.2) is 0 Å². The monoisotopic (exact) mass is 680 g/mol. The van der Waals surface area contributed by atoms with Crippen molar-refractivity contribution in [3.05, 3.63) is 208 Å². The third-order valence-electron chi connectivity index (χ3n) is 10.6. The molecule has 4 nitrogen and oxygen atoms in total. The number of allylic oxidation sites excluding steroid dienone is 6. The van der Waals surface area contributed by atoms with Crippen LogP contribution < -0.4 is 11.5 Å². The van der Waals surface area contributed by atoms with E-state index in [1.54, 1.807) is 18.2 Å². The molecule has 2 aliphatic rings. The van der Waals surface area contributed by atoms with E-state index >= 15 is 0 Å². The summed E-state index contributed by atoms with van der Waals surface area (Å²) in [5, 5.41) is 19.0. The molecular formula is C49H36N4. The van der Waals surface area contributed by atoms with Crippen LogP contribution in [0.5, 0.6) is 0 Å². The molecule has 252 valence electrons. The largest absolute Gasteiger partial charge is 0.405 e. The number of benzene rings is 6. The van der Waals surface area contributed by atoms with E-state index in [2.05, 4.69) is 133 Å². The van der Waals surface area contributed by atoms with Gasteiger partial charge in [-0.2, -0.15) is 10.5 Å². The van der Waals surface area contributed by atoms with Crippen LogP contribution in [0.4, 0.5) is 0 Å². The lowest BCUT2D eigenvalue weighted by molar-refractivity contribution is 0.794. The molecule has 53 heavy (non-hydrogen) atoms. The second-order valence-electron chi connectivity index (χ2n) is 13.4. The quantitative estimate of drug-likeness (QED) is 0.129. The highest BCUT2D eigenvalue weighted by Crippen LogP contribution is 2.63. The van der Waals surface area contributed by atoms with Gasteiger partial charge >= 0.3 is 0 Å². The molecule has 6 aromatic carbocycles. The molecular weight excluding hydrogens is 645 g/mol. The van der Waals surface area contributed by atoms with E-state index in [0.717, 1.165) is 33.4 Å². The van der Waals surface area contributed by atoms with Crippen molar-refractivity contribution in [1.29, 1.82) is 10.5 Å². The summed E-state index contributed by atoms with van der Waals surface area (Å²) in [5.74, 6) is 0. The second kappa shape index (κ2) is 13.5. The first kappa shape index (κ1) is 33.0. The number of fused-ring (bicyclic) bond motifs is 10. The number of nitrogens with two attached hydrogens (primary N) is 2. The molecule has 0 fully saturated rings. The van der Waals surface area contributed by atoms with Gasteiger partial charge in [-0.05, 0) is 128 Å². The summed E-state index contributed by atoms with van der Waals surface area (Å²) in [6.45, 7) is 1.84. The summed E-state index contributed by atoms with van der Waals surface area (Å²) in [5.41, 5.74) is 29.6. The van der Waals surface area contributed by atoms with E-state index in [0.29, 0.717) is 23.3 Å². The van der Waals surface area contributed by atoms with Crippen molar-refractivity contribution < 1.29 is 0 Å². The number of hydrogen-bond donors (Lipinski definition) is 2. The van der Waals surface area contributed by atoms with Crippen molar-refractivity contribution in [2.24, 2.45) is 11.5 Å². The molecule has 2 aliphatic carbocycles. The van der Waals surface area contributed by atoms with E-state index in [-0.39, 0.29) is 0 Å². The van der Waals surface area contributed by atoms with Gasteiger partial charge in [0.2, 0.25) is 0 Å². The van der Waals surface area contributed by atoms with Gasteiger partial charge in [-0.3, -0.25) is 0 Å². The molecule has 0 atom stereocenters. The fourth-order valence-electron chi connectivity index (χ4n) is 8.18. The Kier molecular flexibility index (Phi) is 8.43. The minimum Gasteiger partial charge on any atom is -0.405 e. The van der Waals surface area contributed by atoms with Crippen LogP contribution in [0, 0.1) is 22.7 Å². The molecule has 0 saturated heterocycles. The zero-order valence-electron chi connectivity index (χ0n) is 29.3. The van der Waals surface area contributed by atoms with Gasteiger partial charge in [0.05, 0.1) is 17.6 Å². The summed E-state index contributed by atoms with van der Waals surface area (Å²) in [7, 11) is 0. The van der Waals surface area contributed by atoms with Crippen LogP contribution >= 0.6 is 0 Å². The van der Waals surface area contributed by atoms with Gasteiger partial charge in [0, 0.05) is 16.8 Å². The van der Waals surface area contributed by atoms with Gasteiger partial charge in [0.1, 0.15) is 0 Å². The zero-order chi connectivity index (χ0) is 36.5. The van der Waals surface area contributed by atoms with E-state index in [1.165, 1.54) is 50.7 Å². The summed E-state index contributed by atoms with van der Waals surface area (Å²) in [4.78, 5) is 0. The Balaban J connectivity index is 1.31. The van der Waals surface area contributed by atoms with Gasteiger partial charge in [0.15, 0.2) is 0 Å². The first-order valence-electron chi connectivity index (χ1n) is 17.7. The van der Waals surface area contributed by atoms with Gasteiger partial charge in [-0.1, -0.05) is 127 Å². The summed E-state index contributed by atoms with van der Waals surface area (Å²) in [6.07, 6.45) is 9.04. The molecule has 0 unspecified atom stereocenters. The first-order valence-corrected chi connectivity index (χ1v) is 17.7. The molecule has 6 aromatic rings. The highest BCUT2D eigenvalue weighted by Gasteiger charge is 2.51. The van der Waals surface area contributed by atoms with Crippen LogP contribution in [-0.4, -0.2) is 0 Å². The minimum absolute atomic E-state index is 0.457. The van der Waals surface area contributed by atoms with Crippen LogP contribution in [0.25, 0.3) is 50.2 Å². The summed E-state index contributed by atoms with van der Waals surface area (Å²) >= 11 is 0. The van der Waals surface area contributed by atoms with Gasteiger partial charge in [0.25, 0.3) is 0 Å². The molecule has 0 bridgehead atoms. The van der Waals surface area contributed by atoms with Crippen LogP contribution in [0.3, 0.4) is 0 Å². The van der Waals surface area contributed by atoms with Crippen molar-refractivity contribution in [2.75, 3.05) is 0 Å². The molecule has 0 amide bonds. The Morgan fingerprint density at radius 2 is 1.15 bits per heavy atom. The number of nitrogens with zero attached hydrogens (tertiary/aromatic N) is 2. The Bertz CT molecular complexity index is 2610. The van der Waals surface area contributed by atoms with Crippen molar-refractivity contribution >= 4 is 5.70 Å². The van der Waals surface area contributed by atoms with E-state index in [4.69, 9.17) is 11.5 Å². The SMILES string of the molecule is C/C=C(C#N)\C=C(/N)c1cccc(-c2ccc3c(c2)-c2cc(-c4cccc(C/C=C(C#N)\C=C/N)c4)ccc2C32c3ccccc3-c3ccccc32)c1. The van der Waals surface area contributed by atoms with E-state index in [1.807, 2.05) is 25.1 Å². The molecule has 0 radical (unpaired) electrons. The normalized spacial score (nSPS) is 14.0. The zero-order valence-corrected chi connectivity index (χ0v) is 29.3. The molecule has 4 N–H and O–H groups in total. The Morgan fingerprint density at radius 1 is 0.604 bits per heavy atom. The van der Waals surface area contributed by atoms with E-state index in [9.17, 15) is 10.5 Å². The lowest BCUT2D eigenvalue weighted by atomic mass is 9.70. The maximum absolute atomic E-state index is 9.48. The van der Waals surface area contributed by atoms with Gasteiger partial charge in [-0.15, -0.1) is 0 Å². The molecule has 4 heteroatoms. The predicted octanol–water partition coefficient (Wildman–Crippen LogP) is 10.6. The average molecular weight is 681 g/mol. The smallest absolute Gasteiger partial charge is 0.0988 e. The fourth-order valence-corrected chi connectivity index (χ4v) is 8.18. The van der Waals surface area contributed by atoms with Gasteiger partial charge < -0.3 is 11.5 Å². The van der Waals surface area contributed by atoms with Crippen molar-refractivity contribution in [3.8, 4) is 56.6 Å². The maximum Gasteiger partial charge on any atom is 0.0988 e. The lowest BCUT2D eigenvalue weighted by Gasteiger charge is -2.30. The van der Waals surface area contributed by atoms with E-state index < -0.39 is 5.41 Å². The topological polar surface area (TPSA) is 99.6 Å². The van der Waals surface area contributed by atoms with Crippen molar-refractivity contribution in [3.63, 3.8) is 0 Å². The highest BCUT2D eigenvalue weighted by molar-refractivity contribution is 5.97. The summed E-state index contributed by atoms with van der Waals surface area (Å²) in [6, 6.07) is 52.6. The molecule has 0 heterocycles. The molecule has 0 saturated carbocycles. The van der Waals surface area contributed by atoms with Crippen LogP contribution in [0.1, 0.15) is 40.3 Å². The molecule has 8 rings (SSSR count). The van der Waals surface area contributed by atoms with Crippen LogP contribution in [0.15, 0.2) is 175 Å². The second-order valence-corrected chi connectivity index (χ2v) is 13.4. The maximum atomic E-state index is 9.48. The Labute approximate surface area is 310 Å². The third-order valence-corrected chi connectivity index (χ3v) is 10.6. The highest BCUT2D eigenvalue weighted by atomic mass is 14.6. The molecule has 0 aliphatic heterocycles. The van der Waals surface area contributed by atoms with Crippen LogP contribution in [-0.2, 0) is 11.8 Å². The Morgan fingerprint density at radius 3 is 1.74 bits per heavy atom. The minimum atomic E-state index is -0.457. The van der Waals surface area contributed by atoms with Crippen LogP contribution in [0.2, 0.25) is 0 Å². The Hall–Kier alpha value is -7.14. The molecule has 0 aromatic heterocycles. The lowest BCUT2D eigenvalue weighted by Crippen LogP contribution is -2.25. The summed E-state index contributed by atoms with van der Waals surface area (Å²) < 4.78 is 0. The third kappa shape index (κ3) is 5.46. The number of nitriles is 2. The first-order chi connectivity index (χ1) is 26.0. The van der Waals surface area contributed by atoms with Crippen molar-refractivity contribution in [1.82, 2.24) is 0 Å². The standard InChI is InChI=1S/C49H36N4/c1-2-32(30-51)26-48(53)39-12-8-11-36(27-39)38-20-22-47-43(29-38)42-28-37(35-10-7-9-33(25-35)17-18-34(31-52)23-24-50)19-21-46(42)49(47)44-15-5-3-13-40(44)41-14-4-6-16-45(41)49/h2-16,18-29H,17,50,53H2,1H3/b24-23-,32-2+,34-18+,48-26-. The predicted molar refractivity (Wildman–Crippen MR) is 216 cm³/mol. The fraction of sp³-hybridized carbons (Fsp3) is 0.0612. The number of hydrogen-bond acceptors (Lipinski definition) is 4. The number of rotatable bonds is 7. The molecule has 1 spiro atoms. The van der Waals surface area contributed by atoms with Crippen molar-refractivity contribution in [2.45, 2.75) is 18.8 Å². The average Bonchev–Trinajstić information content (AvgIpc) is 3.68.